The average molecular weight is 516 g/mol. The van der Waals surface area contributed by atoms with Crippen LogP contribution in [0.4, 0.5) is 5.69 Å². The zero-order valence-electron chi connectivity index (χ0n) is 20.1. The van der Waals surface area contributed by atoms with Crippen LogP contribution in [0, 0.1) is 78.1 Å². The summed E-state index contributed by atoms with van der Waals surface area (Å²) in [7, 11) is 0. The summed E-state index contributed by atoms with van der Waals surface area (Å²) in [5, 5.41) is 12.6. The zero-order valence-corrected chi connectivity index (χ0v) is 22.5. The predicted molar refractivity (Wildman–Crippen MR) is 139 cm³/mol. The van der Waals surface area contributed by atoms with Gasteiger partial charge in [-0.15, -0.1) is 5.69 Å². The fourth-order valence-electron chi connectivity index (χ4n) is 2.62. The van der Waals surface area contributed by atoms with E-state index in [9.17, 15) is 0 Å². The molecule has 0 saturated heterocycles. The molecule has 2 nitrogen and oxygen atoms in total. The number of hydrogen-bond acceptors (Lipinski definition) is 1. The molecule has 0 aromatic heterocycles. The van der Waals surface area contributed by atoms with Gasteiger partial charge in [0.05, 0.1) is 5.76 Å². The van der Waals surface area contributed by atoms with E-state index >= 15 is 0 Å². The van der Waals surface area contributed by atoms with Crippen molar-refractivity contribution in [1.82, 2.24) is 0 Å². The second-order valence-electron chi connectivity index (χ2n) is 7.21. The summed E-state index contributed by atoms with van der Waals surface area (Å²) in [6, 6.07) is 16.5. The topological polar surface area (TPSA) is 34.3 Å². The Morgan fingerprint density at radius 1 is 0.697 bits per heavy atom. The van der Waals surface area contributed by atoms with Crippen LogP contribution in [-0.2, 0) is 26.2 Å². The second-order valence-corrected chi connectivity index (χ2v) is 7.21. The number of rotatable bonds is 3. The van der Waals surface area contributed by atoms with Gasteiger partial charge in [0.25, 0.3) is 0 Å². The molecule has 3 heteroatoms. The van der Waals surface area contributed by atoms with Gasteiger partial charge in [-0.1, -0.05) is 79.2 Å². The smallest absolute Gasteiger partial charge is 0.661 e. The number of nitrogens with zero attached hydrogens (tertiary/aromatic N) is 1. The van der Waals surface area contributed by atoms with E-state index < -0.39 is 0 Å². The van der Waals surface area contributed by atoms with Gasteiger partial charge in [0.2, 0.25) is 0 Å². The van der Waals surface area contributed by atoms with Gasteiger partial charge in [-0.2, -0.15) is 5.70 Å². The molecule has 2 aliphatic rings. The van der Waals surface area contributed by atoms with Crippen LogP contribution in [0.1, 0.15) is 30.5 Å². The van der Waals surface area contributed by atoms with E-state index in [0.717, 1.165) is 11.4 Å². The molecule has 4 rings (SSSR count). The van der Waals surface area contributed by atoms with Gasteiger partial charge in [0.1, 0.15) is 0 Å². The number of allylic oxidation sites excluding steroid dienone is 2. The van der Waals surface area contributed by atoms with E-state index in [-0.39, 0.29) is 32.0 Å². The number of aliphatic hydroxyl groups excluding tert-OH is 1. The summed E-state index contributed by atoms with van der Waals surface area (Å²) in [5.74, 6) is 0.167. The first kappa shape index (κ1) is 31.4. The summed E-state index contributed by atoms with van der Waals surface area (Å²) < 4.78 is 0. The molecule has 167 valence electrons. The third-order valence-corrected chi connectivity index (χ3v) is 4.01. The minimum absolute atomic E-state index is 0. The molecule has 2 saturated carbocycles. The third-order valence-electron chi connectivity index (χ3n) is 4.01. The monoisotopic (exact) mass is 514 g/mol. The number of benzene rings is 2. The van der Waals surface area contributed by atoms with Crippen LogP contribution in [-0.4, -0.2) is 5.11 Å². The van der Waals surface area contributed by atoms with E-state index in [1.807, 2.05) is 89.3 Å². The van der Waals surface area contributed by atoms with Crippen molar-refractivity contribution in [3.63, 3.8) is 0 Å². The van der Waals surface area contributed by atoms with E-state index in [4.69, 9.17) is 10.4 Å². The normalized spacial score (nSPS) is 14.2. The van der Waals surface area contributed by atoms with Gasteiger partial charge in [-0.05, 0) is 90.5 Å². The minimum Gasteiger partial charge on any atom is -0.661 e. The molecule has 2 fully saturated rings. The molecule has 33 heavy (non-hydrogen) atoms. The van der Waals surface area contributed by atoms with Gasteiger partial charge in [0, 0.05) is 0 Å². The van der Waals surface area contributed by atoms with Crippen LogP contribution in [0.3, 0.4) is 0 Å². The Bertz CT molecular complexity index is 741. The Balaban J connectivity index is 0.000000553. The Morgan fingerprint density at radius 3 is 1.42 bits per heavy atom. The zero-order chi connectivity index (χ0) is 23.6. The first-order valence-corrected chi connectivity index (χ1v) is 10.6. The molecule has 0 heterocycles. The van der Waals surface area contributed by atoms with Gasteiger partial charge in [0.15, 0.2) is 0 Å². The van der Waals surface area contributed by atoms with Crippen LogP contribution in [0.5, 0.6) is 0 Å². The molecule has 0 unspecified atom stereocenters. The molecule has 0 atom stereocenters. The molecule has 2 aromatic carbocycles. The Kier molecular flexibility index (Phi) is 18.9. The molecule has 1 N–H and O–H groups in total. The van der Waals surface area contributed by atoms with Crippen molar-refractivity contribution in [2.45, 2.75) is 27.7 Å². The van der Waals surface area contributed by atoms with Crippen LogP contribution in [0.15, 0.2) is 66.6 Å². The molecule has 2 aliphatic carbocycles. The van der Waals surface area contributed by atoms with Gasteiger partial charge >= 0.3 is 26.2 Å². The number of aliphatic hydroxyl groups is 1. The molecule has 2 aromatic rings. The number of aryl methyl sites for hydroxylation is 2. The maximum Gasteiger partial charge on any atom is 3.00 e. The van der Waals surface area contributed by atoms with Gasteiger partial charge < -0.3 is 10.4 Å². The van der Waals surface area contributed by atoms with Crippen LogP contribution < -0.4 is 0 Å². The maximum atomic E-state index is 7.86. The fraction of sp³-hybridized carbons (Fsp3) is 0.133. The van der Waals surface area contributed by atoms with Gasteiger partial charge in [-0.3, -0.25) is 0 Å². The summed E-state index contributed by atoms with van der Waals surface area (Å²) in [5.41, 5.74) is 5.73. The van der Waals surface area contributed by atoms with Crippen LogP contribution >= 0.6 is 0 Å². The fourth-order valence-corrected chi connectivity index (χ4v) is 2.62. The SMILES string of the molecule is C/C(=C\c1ccccc1)[N-]c1c(C)cccc1C.C=C(C)O.[CH]1[CH][CH][CH][CH]1.[CH]1[CH][CH][CH][CH]1.[Zr+3]. The molecule has 0 amide bonds. The average Bonchev–Trinajstić information content (AvgIpc) is 3.50. The standard InChI is InChI=1S/C17H18N.2C5H5.C3H6O.Zr/c1-13-8-7-9-14(2)17(13)18-15(3)12-16-10-5-4-6-11-16;2*1-2-4-5-3-1;1-3(2)4;/h4-12H,1-3H3;2*1-5H;4H,1H2,2H3;/q-1;;;;+3/b15-12+;;;;. The minimum atomic E-state index is 0. The molecule has 11 radical (unpaired) electrons. The van der Waals surface area contributed by atoms with E-state index in [1.165, 1.54) is 23.6 Å². The van der Waals surface area contributed by atoms with Gasteiger partial charge in [-0.25, -0.2) is 0 Å². The predicted octanol–water partition coefficient (Wildman–Crippen LogP) is 8.49. The molecular weight excluding hydrogens is 482 g/mol. The van der Waals surface area contributed by atoms with Crippen molar-refractivity contribution in [1.29, 1.82) is 0 Å². The summed E-state index contributed by atoms with van der Waals surface area (Å²) >= 11 is 0. The van der Waals surface area contributed by atoms with Crippen molar-refractivity contribution in [2.24, 2.45) is 0 Å². The van der Waals surface area contributed by atoms with Crippen molar-refractivity contribution in [2.75, 3.05) is 0 Å². The van der Waals surface area contributed by atoms with E-state index in [0.29, 0.717) is 0 Å². The van der Waals surface area contributed by atoms with E-state index in [2.05, 4.69) is 56.8 Å². The Labute approximate surface area is 222 Å². The molecule has 0 bridgehead atoms. The third kappa shape index (κ3) is 16.6. The first-order chi connectivity index (χ1) is 15.4. The van der Waals surface area contributed by atoms with Crippen molar-refractivity contribution < 1.29 is 31.3 Å². The van der Waals surface area contributed by atoms with Crippen molar-refractivity contribution in [3.05, 3.63) is 153 Å². The summed E-state index contributed by atoms with van der Waals surface area (Å²) in [6.45, 7) is 10.9. The summed E-state index contributed by atoms with van der Waals surface area (Å²) in [4.78, 5) is 0. The van der Waals surface area contributed by atoms with Crippen molar-refractivity contribution in [3.8, 4) is 0 Å². The van der Waals surface area contributed by atoms with E-state index in [1.54, 1.807) is 0 Å². The quantitative estimate of drug-likeness (QED) is 0.409. The molecular formula is C30H34NOZr+2. The second kappa shape index (κ2) is 19.8. The number of hydrogen-bond donors (Lipinski definition) is 1. The van der Waals surface area contributed by atoms with Crippen LogP contribution in [0.2, 0.25) is 0 Å². The maximum absolute atomic E-state index is 7.86. The molecule has 0 aliphatic heterocycles. The first-order valence-electron chi connectivity index (χ1n) is 10.6. The summed E-state index contributed by atoms with van der Waals surface area (Å²) in [6.07, 6.45) is 22.1. The largest absolute Gasteiger partial charge is 3.00 e. The Hall–Kier alpha value is -1.60. The Morgan fingerprint density at radius 2 is 1.06 bits per heavy atom. The van der Waals surface area contributed by atoms with Crippen molar-refractivity contribution >= 4 is 11.8 Å². The van der Waals surface area contributed by atoms with Crippen LogP contribution in [0.25, 0.3) is 11.4 Å². The molecule has 0 spiro atoms. The number of para-hydroxylation sites is 1.